The van der Waals surface area contributed by atoms with Crippen molar-refractivity contribution in [1.82, 2.24) is 14.3 Å². The van der Waals surface area contributed by atoms with Gasteiger partial charge in [-0.1, -0.05) is 12.1 Å². The second kappa shape index (κ2) is 13.2. The molecule has 0 N–H and O–H groups in total. The minimum Gasteiger partial charge on any atom is -0.366 e. The van der Waals surface area contributed by atoms with E-state index in [1.165, 1.54) is 28.6 Å². The SMILES string of the molecule is O=C(CCc1cc(-c2ccc(F)c(F)c2)nc(N2CCN(c3ccccc3F)CC2)n1)[C@@H]1CCCN1S(=O)(=O)c1ccc(F)cc1. The molecule has 2 fully saturated rings. The van der Waals surface area contributed by atoms with Crippen molar-refractivity contribution in [1.29, 1.82) is 0 Å². The number of para-hydroxylation sites is 1. The Labute approximate surface area is 264 Å². The summed E-state index contributed by atoms with van der Waals surface area (Å²) in [5.41, 5.74) is 1.64. The van der Waals surface area contributed by atoms with Gasteiger partial charge >= 0.3 is 0 Å². The van der Waals surface area contributed by atoms with Gasteiger partial charge in [0.25, 0.3) is 0 Å². The molecule has 8 nitrogen and oxygen atoms in total. The predicted octanol–water partition coefficient (Wildman–Crippen LogP) is 5.38. The monoisotopic (exact) mass is 653 g/mol. The molecule has 0 saturated carbocycles. The molecule has 0 radical (unpaired) electrons. The summed E-state index contributed by atoms with van der Waals surface area (Å²) >= 11 is 0. The van der Waals surface area contributed by atoms with Crippen molar-refractivity contribution in [2.75, 3.05) is 42.5 Å². The normalized spacial score (nSPS) is 17.4. The minimum atomic E-state index is -4.01. The molecule has 0 unspecified atom stereocenters. The lowest BCUT2D eigenvalue weighted by Gasteiger charge is -2.36. The fourth-order valence-electron chi connectivity index (χ4n) is 5.92. The first-order chi connectivity index (χ1) is 22.1. The third-order valence-corrected chi connectivity index (χ3v) is 10.3. The number of Topliss-reactive ketones (excluding diaryl/α,β-unsaturated/α-hetero) is 1. The van der Waals surface area contributed by atoms with Gasteiger partial charge in [0.05, 0.1) is 22.3 Å². The first-order valence-corrected chi connectivity index (χ1v) is 16.4. The van der Waals surface area contributed by atoms with E-state index in [1.54, 1.807) is 24.3 Å². The molecular weight excluding hydrogens is 622 g/mol. The van der Waals surface area contributed by atoms with Crippen molar-refractivity contribution in [3.05, 3.63) is 102 Å². The minimum absolute atomic E-state index is 0.0190. The van der Waals surface area contributed by atoms with Crippen LogP contribution in [0.3, 0.4) is 0 Å². The summed E-state index contributed by atoms with van der Waals surface area (Å²) in [5.74, 6) is -2.85. The first kappa shape index (κ1) is 31.6. The number of ketones is 1. The number of benzene rings is 3. The van der Waals surface area contributed by atoms with Crippen molar-refractivity contribution >= 4 is 27.4 Å². The molecule has 2 aliphatic rings. The molecule has 13 heteroatoms. The Morgan fingerprint density at radius 3 is 2.22 bits per heavy atom. The molecule has 4 aromatic rings. The molecule has 3 aromatic carbocycles. The van der Waals surface area contributed by atoms with Gasteiger partial charge in [0, 0.05) is 50.4 Å². The molecule has 3 heterocycles. The average molecular weight is 654 g/mol. The lowest BCUT2D eigenvalue weighted by molar-refractivity contribution is -0.122. The smallest absolute Gasteiger partial charge is 0.243 e. The highest BCUT2D eigenvalue weighted by Gasteiger charge is 2.39. The standard InChI is InChI=1S/C33H31F4N5O3S/c34-23-8-11-25(12-9-23)46(44,45)42-15-3-6-31(42)32(43)14-10-24-21-29(22-7-13-26(35)28(37)20-22)39-33(38-24)41-18-16-40(17-19-41)30-5-2-1-4-27(30)36/h1-2,4-5,7-9,11-13,20-21,31H,3,6,10,14-19H2/t31-/m0/s1. The Hall–Kier alpha value is -4.36. The highest BCUT2D eigenvalue weighted by Crippen LogP contribution is 2.29. The van der Waals surface area contributed by atoms with Gasteiger partial charge in [-0.2, -0.15) is 4.31 Å². The number of halogens is 4. The van der Waals surface area contributed by atoms with Crippen LogP contribution in [0, 0.1) is 23.3 Å². The molecule has 1 atom stereocenters. The number of hydrogen-bond acceptors (Lipinski definition) is 7. The molecule has 46 heavy (non-hydrogen) atoms. The Morgan fingerprint density at radius 1 is 0.783 bits per heavy atom. The molecule has 0 spiro atoms. The van der Waals surface area contributed by atoms with Crippen molar-refractivity contribution in [2.45, 2.75) is 36.6 Å². The van der Waals surface area contributed by atoms with Gasteiger partial charge in [-0.05, 0) is 79.9 Å². The van der Waals surface area contributed by atoms with Crippen molar-refractivity contribution < 1.29 is 30.8 Å². The summed E-state index contributed by atoms with van der Waals surface area (Å²) in [6, 6.07) is 15.2. The average Bonchev–Trinajstić information content (AvgIpc) is 3.57. The van der Waals surface area contributed by atoms with E-state index in [1.807, 2.05) is 9.80 Å². The van der Waals surface area contributed by atoms with E-state index in [0.717, 1.165) is 24.3 Å². The summed E-state index contributed by atoms with van der Waals surface area (Å²) < 4.78 is 83.4. The maximum absolute atomic E-state index is 14.4. The van der Waals surface area contributed by atoms with Crippen LogP contribution in [0.5, 0.6) is 0 Å². The predicted molar refractivity (Wildman–Crippen MR) is 165 cm³/mol. The summed E-state index contributed by atoms with van der Waals surface area (Å²) in [6.07, 6.45) is 1.00. The topological polar surface area (TPSA) is 86.7 Å². The maximum atomic E-state index is 14.4. The fraction of sp³-hybridized carbons (Fsp3) is 0.303. The highest BCUT2D eigenvalue weighted by molar-refractivity contribution is 7.89. The molecule has 240 valence electrons. The third-order valence-electron chi connectivity index (χ3n) is 8.36. The number of hydrogen-bond donors (Lipinski definition) is 0. The van der Waals surface area contributed by atoms with Crippen LogP contribution in [0.4, 0.5) is 29.2 Å². The Kier molecular flexibility index (Phi) is 9.05. The molecule has 0 amide bonds. The van der Waals surface area contributed by atoms with Crippen LogP contribution in [0.1, 0.15) is 25.0 Å². The number of sulfonamides is 1. The van der Waals surface area contributed by atoms with E-state index in [9.17, 15) is 30.8 Å². The van der Waals surface area contributed by atoms with Gasteiger partial charge in [-0.15, -0.1) is 0 Å². The number of carbonyl (C=O) groups is 1. The van der Waals surface area contributed by atoms with E-state index in [0.29, 0.717) is 67.6 Å². The second-order valence-electron chi connectivity index (χ2n) is 11.3. The number of aryl methyl sites for hydroxylation is 1. The zero-order valence-corrected chi connectivity index (χ0v) is 25.6. The maximum Gasteiger partial charge on any atom is 0.243 e. The summed E-state index contributed by atoms with van der Waals surface area (Å²) in [4.78, 5) is 26.5. The number of carbonyl (C=O) groups excluding carboxylic acids is 1. The van der Waals surface area contributed by atoms with Crippen molar-refractivity contribution in [3.63, 3.8) is 0 Å². The van der Waals surface area contributed by atoms with Gasteiger partial charge in [0.2, 0.25) is 16.0 Å². The Balaban J connectivity index is 1.22. The van der Waals surface area contributed by atoms with Crippen LogP contribution in [-0.4, -0.2) is 67.2 Å². The number of anilines is 2. The van der Waals surface area contributed by atoms with Crippen LogP contribution in [0.2, 0.25) is 0 Å². The number of aromatic nitrogens is 2. The number of nitrogens with zero attached hydrogens (tertiary/aromatic N) is 5. The summed E-state index contributed by atoms with van der Waals surface area (Å²) in [7, 11) is -4.01. The summed E-state index contributed by atoms with van der Waals surface area (Å²) in [5, 5.41) is 0. The number of rotatable bonds is 9. The highest BCUT2D eigenvalue weighted by atomic mass is 32.2. The largest absolute Gasteiger partial charge is 0.366 e. The molecule has 2 aliphatic heterocycles. The second-order valence-corrected chi connectivity index (χ2v) is 13.2. The van der Waals surface area contributed by atoms with Gasteiger partial charge in [0.15, 0.2) is 17.4 Å². The fourth-order valence-corrected chi connectivity index (χ4v) is 7.60. The molecule has 0 bridgehead atoms. The van der Waals surface area contributed by atoms with E-state index in [-0.39, 0.29) is 35.9 Å². The Bertz CT molecular complexity index is 1850. The van der Waals surface area contributed by atoms with Gasteiger partial charge in [-0.25, -0.2) is 35.9 Å². The lowest BCUT2D eigenvalue weighted by Crippen LogP contribution is -2.47. The first-order valence-electron chi connectivity index (χ1n) is 15.0. The quantitative estimate of drug-likeness (QED) is 0.224. The number of piperazine rings is 1. The summed E-state index contributed by atoms with van der Waals surface area (Å²) in [6.45, 7) is 2.09. The van der Waals surface area contributed by atoms with Crippen LogP contribution in [0.15, 0.2) is 77.7 Å². The van der Waals surface area contributed by atoms with Crippen LogP contribution in [-0.2, 0) is 21.2 Å². The zero-order chi connectivity index (χ0) is 32.4. The van der Waals surface area contributed by atoms with Gasteiger partial charge in [0.1, 0.15) is 11.6 Å². The third kappa shape index (κ3) is 6.61. The molecule has 0 aliphatic carbocycles. The molecule has 2 saturated heterocycles. The van der Waals surface area contributed by atoms with Crippen molar-refractivity contribution in [2.24, 2.45) is 0 Å². The van der Waals surface area contributed by atoms with Crippen LogP contribution < -0.4 is 9.80 Å². The zero-order valence-electron chi connectivity index (χ0n) is 24.8. The van der Waals surface area contributed by atoms with Crippen molar-refractivity contribution in [3.8, 4) is 11.3 Å². The van der Waals surface area contributed by atoms with E-state index < -0.39 is 33.5 Å². The molecule has 1 aromatic heterocycles. The van der Waals surface area contributed by atoms with E-state index in [2.05, 4.69) is 4.98 Å². The Morgan fingerprint density at radius 2 is 1.50 bits per heavy atom. The molecule has 6 rings (SSSR count). The van der Waals surface area contributed by atoms with Gasteiger partial charge in [-0.3, -0.25) is 4.79 Å². The van der Waals surface area contributed by atoms with Gasteiger partial charge < -0.3 is 9.80 Å². The van der Waals surface area contributed by atoms with Crippen LogP contribution in [0.25, 0.3) is 11.3 Å². The van der Waals surface area contributed by atoms with Crippen LogP contribution >= 0.6 is 0 Å². The lowest BCUT2D eigenvalue weighted by atomic mass is 10.0. The van der Waals surface area contributed by atoms with E-state index in [4.69, 9.17) is 4.98 Å². The van der Waals surface area contributed by atoms with E-state index >= 15 is 0 Å². The molecular formula is C33H31F4N5O3S.